The Kier molecular flexibility index (Phi) is 3.82. The molecule has 0 fully saturated rings. The van der Waals surface area contributed by atoms with Gasteiger partial charge in [0.1, 0.15) is 12.0 Å². The zero-order valence-electron chi connectivity index (χ0n) is 13.3. The summed E-state index contributed by atoms with van der Waals surface area (Å²) < 4.78 is 1.92. The van der Waals surface area contributed by atoms with E-state index in [1.54, 1.807) is 24.5 Å². The maximum absolute atomic E-state index is 10.8. The minimum atomic E-state index is 0.641. The first-order valence-corrected chi connectivity index (χ1v) is 7.79. The van der Waals surface area contributed by atoms with Crippen molar-refractivity contribution in [2.24, 2.45) is 0 Å². The van der Waals surface area contributed by atoms with E-state index in [4.69, 9.17) is 0 Å². The summed E-state index contributed by atoms with van der Waals surface area (Å²) in [5.74, 6) is 6.30. The molecule has 0 aliphatic heterocycles. The summed E-state index contributed by atoms with van der Waals surface area (Å²) in [6.45, 7) is 0. The lowest BCUT2D eigenvalue weighted by molar-refractivity contribution is 0.112. The quantitative estimate of drug-likeness (QED) is 0.418. The average Bonchev–Trinajstić information content (AvgIpc) is 3.09. The Hall–Kier alpha value is -3.71. The Morgan fingerprint density at radius 3 is 2.44 bits per heavy atom. The van der Waals surface area contributed by atoms with Crippen LogP contribution in [0.5, 0.6) is 0 Å². The van der Waals surface area contributed by atoms with Crippen molar-refractivity contribution in [1.82, 2.24) is 14.4 Å². The Morgan fingerprint density at radius 1 is 0.880 bits per heavy atom. The second-order valence-corrected chi connectivity index (χ2v) is 5.50. The number of nitrogens with zero attached hydrogens (tertiary/aromatic N) is 3. The van der Waals surface area contributed by atoms with Gasteiger partial charge in [0.25, 0.3) is 0 Å². The second kappa shape index (κ2) is 6.42. The fourth-order valence-corrected chi connectivity index (χ4v) is 2.52. The van der Waals surface area contributed by atoms with Crippen LogP contribution in [0.3, 0.4) is 0 Å². The minimum Gasteiger partial charge on any atom is -0.298 e. The van der Waals surface area contributed by atoms with E-state index in [1.165, 1.54) is 0 Å². The van der Waals surface area contributed by atoms with Crippen LogP contribution in [-0.4, -0.2) is 20.7 Å². The van der Waals surface area contributed by atoms with E-state index >= 15 is 0 Å². The number of carbonyl (C=O) groups excluding carboxylic acids is 1. The van der Waals surface area contributed by atoms with Crippen molar-refractivity contribution in [2.45, 2.75) is 0 Å². The van der Waals surface area contributed by atoms with Gasteiger partial charge in [-0.2, -0.15) is 0 Å². The van der Waals surface area contributed by atoms with E-state index in [9.17, 15) is 4.79 Å². The number of aldehydes is 1. The van der Waals surface area contributed by atoms with Gasteiger partial charge in [-0.1, -0.05) is 48.4 Å². The van der Waals surface area contributed by atoms with Crippen molar-refractivity contribution in [3.8, 4) is 23.1 Å². The van der Waals surface area contributed by atoms with E-state index in [1.807, 2.05) is 53.1 Å². The monoisotopic (exact) mass is 323 g/mol. The van der Waals surface area contributed by atoms with Gasteiger partial charge in [0, 0.05) is 22.9 Å². The lowest BCUT2D eigenvalue weighted by Gasteiger charge is -2.03. The molecule has 4 heteroatoms. The smallest absolute Gasteiger partial charge is 0.156 e. The maximum Gasteiger partial charge on any atom is 0.156 e. The molecule has 2 aromatic carbocycles. The van der Waals surface area contributed by atoms with Crippen molar-refractivity contribution in [2.75, 3.05) is 0 Å². The molecule has 0 unspecified atom stereocenters. The van der Waals surface area contributed by atoms with E-state index in [0.29, 0.717) is 5.56 Å². The first kappa shape index (κ1) is 14.9. The fraction of sp³-hybridized carbons (Fsp3) is 0. The average molecular weight is 323 g/mol. The zero-order valence-corrected chi connectivity index (χ0v) is 13.3. The van der Waals surface area contributed by atoms with Crippen LogP contribution in [0, 0.1) is 11.8 Å². The molecule has 2 aromatic heterocycles. The van der Waals surface area contributed by atoms with Crippen molar-refractivity contribution < 1.29 is 4.79 Å². The van der Waals surface area contributed by atoms with Crippen LogP contribution in [0.4, 0.5) is 0 Å². The molecule has 0 spiro atoms. The predicted molar refractivity (Wildman–Crippen MR) is 96.2 cm³/mol. The summed E-state index contributed by atoms with van der Waals surface area (Å²) in [4.78, 5) is 19.6. The molecular formula is C21H13N3O. The molecule has 0 saturated carbocycles. The highest BCUT2D eigenvalue weighted by Crippen LogP contribution is 2.18. The van der Waals surface area contributed by atoms with Gasteiger partial charge >= 0.3 is 0 Å². The highest BCUT2D eigenvalue weighted by Gasteiger charge is 2.05. The molecule has 0 radical (unpaired) electrons. The van der Waals surface area contributed by atoms with Gasteiger partial charge in [-0.3, -0.25) is 14.2 Å². The van der Waals surface area contributed by atoms with Gasteiger partial charge in [-0.05, 0) is 18.1 Å². The van der Waals surface area contributed by atoms with Gasteiger partial charge < -0.3 is 0 Å². The number of fused-ring (bicyclic) bond motifs is 1. The summed E-state index contributed by atoms with van der Waals surface area (Å²) in [5.41, 5.74) is 4.87. The van der Waals surface area contributed by atoms with Crippen molar-refractivity contribution in [3.63, 3.8) is 0 Å². The van der Waals surface area contributed by atoms with E-state index < -0.39 is 0 Å². The molecule has 0 amide bonds. The number of hydrogen-bond acceptors (Lipinski definition) is 3. The Balaban J connectivity index is 1.75. The number of aromatic nitrogens is 3. The molecule has 0 atom stereocenters. The van der Waals surface area contributed by atoms with Gasteiger partial charge in [-0.15, -0.1) is 0 Å². The van der Waals surface area contributed by atoms with Crippen LogP contribution in [-0.2, 0) is 0 Å². The topological polar surface area (TPSA) is 47.3 Å². The largest absolute Gasteiger partial charge is 0.298 e. The van der Waals surface area contributed by atoms with Gasteiger partial charge in [0.15, 0.2) is 5.65 Å². The molecule has 2 heterocycles. The second-order valence-electron chi connectivity index (χ2n) is 5.50. The van der Waals surface area contributed by atoms with Crippen LogP contribution < -0.4 is 0 Å². The number of rotatable bonds is 2. The van der Waals surface area contributed by atoms with Crippen LogP contribution in [0.2, 0.25) is 0 Å². The maximum atomic E-state index is 10.8. The van der Waals surface area contributed by atoms with Gasteiger partial charge in [0.2, 0.25) is 0 Å². The third-order valence-electron chi connectivity index (χ3n) is 3.85. The third kappa shape index (κ3) is 3.04. The summed E-state index contributed by atoms with van der Waals surface area (Å²) >= 11 is 0. The molecule has 4 nitrogen and oxygen atoms in total. The lowest BCUT2D eigenvalue weighted by Crippen LogP contribution is -1.93. The molecule has 0 aliphatic rings. The van der Waals surface area contributed by atoms with Crippen molar-refractivity contribution >= 4 is 11.9 Å². The van der Waals surface area contributed by atoms with Crippen LogP contribution >= 0.6 is 0 Å². The summed E-state index contributed by atoms with van der Waals surface area (Å²) in [5, 5.41) is 0. The molecule has 4 rings (SSSR count). The molecular weight excluding hydrogens is 310 g/mol. The number of carbonyl (C=O) groups is 1. The molecule has 25 heavy (non-hydrogen) atoms. The SMILES string of the molecule is O=Cc1ccc(-c2cn3c(C#Cc4ccccc4)cnc3cn2)cc1. The number of hydrogen-bond donors (Lipinski definition) is 0. The molecule has 0 aliphatic carbocycles. The van der Waals surface area contributed by atoms with Crippen LogP contribution in [0.25, 0.3) is 16.9 Å². The van der Waals surface area contributed by atoms with Crippen molar-refractivity contribution in [3.05, 3.63) is 90.0 Å². The van der Waals surface area contributed by atoms with E-state index in [2.05, 4.69) is 21.8 Å². The van der Waals surface area contributed by atoms with E-state index in [-0.39, 0.29) is 0 Å². The standard InChI is InChI=1S/C21H13N3O/c25-15-17-6-9-18(10-7-17)20-14-24-19(12-23-21(24)13-22-20)11-8-16-4-2-1-3-5-16/h1-7,9-10,12-15H. The first-order valence-electron chi connectivity index (χ1n) is 7.79. The molecule has 118 valence electrons. The minimum absolute atomic E-state index is 0.641. The fourth-order valence-electron chi connectivity index (χ4n) is 2.52. The van der Waals surface area contributed by atoms with Crippen LogP contribution in [0.15, 0.2) is 73.2 Å². The first-order chi connectivity index (χ1) is 12.3. The summed E-state index contributed by atoms with van der Waals surface area (Å²) in [7, 11) is 0. The summed E-state index contributed by atoms with van der Waals surface area (Å²) in [6, 6.07) is 17.1. The number of benzene rings is 2. The Labute approximate surface area is 144 Å². The number of imidazole rings is 1. The highest BCUT2D eigenvalue weighted by atomic mass is 16.1. The van der Waals surface area contributed by atoms with Gasteiger partial charge in [-0.25, -0.2) is 4.98 Å². The van der Waals surface area contributed by atoms with E-state index in [0.717, 1.165) is 34.4 Å². The molecule has 4 aromatic rings. The third-order valence-corrected chi connectivity index (χ3v) is 3.85. The molecule has 0 saturated heterocycles. The zero-order chi connectivity index (χ0) is 17.1. The Bertz CT molecular complexity index is 1100. The Morgan fingerprint density at radius 2 is 1.68 bits per heavy atom. The van der Waals surface area contributed by atoms with Crippen molar-refractivity contribution in [1.29, 1.82) is 0 Å². The van der Waals surface area contributed by atoms with Gasteiger partial charge in [0.05, 0.1) is 18.1 Å². The van der Waals surface area contributed by atoms with Crippen LogP contribution in [0.1, 0.15) is 21.6 Å². The predicted octanol–water partition coefficient (Wildman–Crippen LogP) is 3.61. The highest BCUT2D eigenvalue weighted by molar-refractivity contribution is 5.76. The lowest BCUT2D eigenvalue weighted by atomic mass is 10.1. The summed E-state index contributed by atoms with van der Waals surface area (Å²) in [6.07, 6.45) is 6.20. The molecule has 0 N–H and O–H groups in total. The molecule has 0 bridgehead atoms. The normalized spacial score (nSPS) is 10.2.